The first kappa shape index (κ1) is 27.9. The van der Waals surface area contributed by atoms with Gasteiger partial charge in [0.1, 0.15) is 18.8 Å². The number of pyridine rings is 3. The van der Waals surface area contributed by atoms with E-state index in [1.807, 2.05) is 50.6 Å². The molecule has 3 aromatic rings. The van der Waals surface area contributed by atoms with E-state index >= 15 is 0 Å². The summed E-state index contributed by atoms with van der Waals surface area (Å²) in [5.74, 6) is 1.27. The number of amides is 1. The lowest BCUT2D eigenvalue weighted by molar-refractivity contribution is -0.000172. The number of likely N-dealkylation sites (tertiary alicyclic amines) is 1. The first-order chi connectivity index (χ1) is 19.1. The third-order valence-electron chi connectivity index (χ3n) is 7.46. The van der Waals surface area contributed by atoms with Crippen LogP contribution in [0.15, 0.2) is 41.5 Å². The van der Waals surface area contributed by atoms with Crippen LogP contribution in [0.4, 0.5) is 4.79 Å². The standard InChI is InChI=1S/C30H39N5O5/c1-20-14-25-24(32-17-20)6-7-28(36)34(25)11-10-33-9-8-23(15-21(33)2)35(29(37)40-30(3,4)5)19-22-16-26-27(18-31-22)39-13-12-38-26/h6-7,14,16-18,21,23H,8-13,15,19H2,1-5H3. The zero-order valence-corrected chi connectivity index (χ0v) is 24.1. The van der Waals surface area contributed by atoms with Crippen LogP contribution in [0.1, 0.15) is 51.8 Å². The third kappa shape index (κ3) is 6.38. The highest BCUT2D eigenvalue weighted by Gasteiger charge is 2.34. The SMILES string of the molecule is Cc1cnc2ccc(=O)n(CCN3CCC(N(Cc4cc5c(cn4)OCCO5)C(=O)OC(C)(C)C)CC3C)c2c1. The number of ether oxygens (including phenoxy) is 3. The predicted octanol–water partition coefficient (Wildman–Crippen LogP) is 4.16. The number of nitrogens with zero attached hydrogens (tertiary/aromatic N) is 5. The fourth-order valence-electron chi connectivity index (χ4n) is 5.45. The molecule has 2 atom stereocenters. The van der Waals surface area contributed by atoms with Crippen molar-refractivity contribution in [1.82, 2.24) is 24.3 Å². The summed E-state index contributed by atoms with van der Waals surface area (Å²) >= 11 is 0. The molecular formula is C30H39N5O5. The lowest BCUT2D eigenvalue weighted by atomic mass is 9.96. The minimum atomic E-state index is -0.610. The van der Waals surface area contributed by atoms with Crippen LogP contribution >= 0.6 is 0 Å². The molecule has 3 aromatic heterocycles. The van der Waals surface area contributed by atoms with E-state index in [1.165, 1.54) is 0 Å². The molecule has 5 heterocycles. The average molecular weight is 550 g/mol. The third-order valence-corrected chi connectivity index (χ3v) is 7.46. The van der Waals surface area contributed by atoms with Crippen molar-refractivity contribution in [3.63, 3.8) is 0 Å². The summed E-state index contributed by atoms with van der Waals surface area (Å²) in [6.45, 7) is 13.2. The van der Waals surface area contributed by atoms with Gasteiger partial charge in [-0.05, 0) is 65.2 Å². The molecule has 0 bridgehead atoms. The molecule has 40 heavy (non-hydrogen) atoms. The second-order valence-electron chi connectivity index (χ2n) is 11.7. The molecule has 0 aliphatic carbocycles. The maximum Gasteiger partial charge on any atom is 0.410 e. The zero-order chi connectivity index (χ0) is 28.4. The maximum absolute atomic E-state index is 13.4. The summed E-state index contributed by atoms with van der Waals surface area (Å²) < 4.78 is 19.0. The van der Waals surface area contributed by atoms with Gasteiger partial charge < -0.3 is 18.8 Å². The number of piperidine rings is 1. The Morgan fingerprint density at radius 3 is 2.62 bits per heavy atom. The van der Waals surface area contributed by atoms with Crippen LogP contribution in [0.3, 0.4) is 0 Å². The van der Waals surface area contributed by atoms with Crippen molar-refractivity contribution < 1.29 is 19.0 Å². The Morgan fingerprint density at radius 1 is 1.10 bits per heavy atom. The van der Waals surface area contributed by atoms with Gasteiger partial charge in [0, 0.05) is 50.0 Å². The van der Waals surface area contributed by atoms with Crippen LogP contribution in [0, 0.1) is 6.92 Å². The van der Waals surface area contributed by atoms with E-state index in [0.717, 1.165) is 48.2 Å². The van der Waals surface area contributed by atoms with Gasteiger partial charge in [0.15, 0.2) is 11.5 Å². The molecule has 0 saturated carbocycles. The summed E-state index contributed by atoms with van der Waals surface area (Å²) in [6, 6.07) is 7.44. The lowest BCUT2D eigenvalue weighted by Crippen LogP contribution is -2.52. The van der Waals surface area contributed by atoms with Crippen molar-refractivity contribution in [3.05, 3.63) is 58.3 Å². The second-order valence-corrected chi connectivity index (χ2v) is 11.7. The Labute approximate surface area is 234 Å². The van der Waals surface area contributed by atoms with Crippen LogP contribution in [0.25, 0.3) is 11.0 Å². The first-order valence-corrected chi connectivity index (χ1v) is 14.0. The van der Waals surface area contributed by atoms with E-state index < -0.39 is 5.60 Å². The average Bonchev–Trinajstić information content (AvgIpc) is 2.90. The summed E-state index contributed by atoms with van der Waals surface area (Å²) in [5.41, 5.74) is 2.79. The number of rotatable bonds is 6. The van der Waals surface area contributed by atoms with Crippen molar-refractivity contribution in [2.45, 2.75) is 78.2 Å². The van der Waals surface area contributed by atoms with Crippen molar-refractivity contribution in [2.75, 3.05) is 26.3 Å². The van der Waals surface area contributed by atoms with Gasteiger partial charge in [-0.25, -0.2) is 4.79 Å². The molecule has 2 aliphatic rings. The molecule has 0 spiro atoms. The van der Waals surface area contributed by atoms with Crippen molar-refractivity contribution >= 4 is 17.1 Å². The maximum atomic E-state index is 13.4. The minimum Gasteiger partial charge on any atom is -0.486 e. The molecule has 1 amide bonds. The van der Waals surface area contributed by atoms with Crippen molar-refractivity contribution in [2.24, 2.45) is 0 Å². The number of aryl methyl sites for hydroxylation is 1. The van der Waals surface area contributed by atoms with Crippen LogP contribution in [-0.2, 0) is 17.8 Å². The van der Waals surface area contributed by atoms with Crippen LogP contribution in [-0.4, -0.2) is 74.4 Å². The van der Waals surface area contributed by atoms with Crippen molar-refractivity contribution in [3.8, 4) is 11.5 Å². The molecule has 214 valence electrons. The van der Waals surface area contributed by atoms with Gasteiger partial charge in [-0.3, -0.25) is 24.6 Å². The van der Waals surface area contributed by atoms with Gasteiger partial charge in [0.05, 0.1) is 29.5 Å². The Morgan fingerprint density at radius 2 is 1.88 bits per heavy atom. The quantitative estimate of drug-likeness (QED) is 0.452. The molecule has 1 saturated heterocycles. The molecule has 10 heteroatoms. The molecule has 5 rings (SSSR count). The molecule has 2 aliphatic heterocycles. The first-order valence-electron chi connectivity index (χ1n) is 14.0. The number of aromatic nitrogens is 3. The van der Waals surface area contributed by atoms with Gasteiger partial charge in [-0.2, -0.15) is 0 Å². The fraction of sp³-hybridized carbons (Fsp3) is 0.533. The van der Waals surface area contributed by atoms with Gasteiger partial charge in [-0.1, -0.05) is 0 Å². The molecule has 0 radical (unpaired) electrons. The van der Waals surface area contributed by atoms with Crippen molar-refractivity contribution in [1.29, 1.82) is 0 Å². The smallest absolute Gasteiger partial charge is 0.410 e. The number of carbonyl (C=O) groups excluding carboxylic acids is 1. The summed E-state index contributed by atoms with van der Waals surface area (Å²) in [4.78, 5) is 39.3. The van der Waals surface area contributed by atoms with E-state index in [-0.39, 0.29) is 23.7 Å². The van der Waals surface area contributed by atoms with Crippen LogP contribution in [0.5, 0.6) is 11.5 Å². The van der Waals surface area contributed by atoms with E-state index in [1.54, 1.807) is 23.2 Å². The number of fused-ring (bicyclic) bond motifs is 2. The Balaban J connectivity index is 1.29. The molecule has 10 nitrogen and oxygen atoms in total. The van der Waals surface area contributed by atoms with Crippen LogP contribution < -0.4 is 15.0 Å². The number of carbonyl (C=O) groups is 1. The Bertz CT molecular complexity index is 1430. The molecular weight excluding hydrogens is 510 g/mol. The van der Waals surface area contributed by atoms with Crippen LogP contribution in [0.2, 0.25) is 0 Å². The van der Waals surface area contributed by atoms with E-state index in [0.29, 0.717) is 37.8 Å². The lowest BCUT2D eigenvalue weighted by Gasteiger charge is -2.42. The molecule has 0 N–H and O–H groups in total. The van der Waals surface area contributed by atoms with E-state index in [2.05, 4.69) is 21.8 Å². The predicted molar refractivity (Wildman–Crippen MR) is 152 cm³/mol. The van der Waals surface area contributed by atoms with E-state index in [4.69, 9.17) is 14.2 Å². The second kappa shape index (κ2) is 11.4. The molecule has 0 aromatic carbocycles. The van der Waals surface area contributed by atoms with Gasteiger partial charge in [0.25, 0.3) is 5.56 Å². The summed E-state index contributed by atoms with van der Waals surface area (Å²) in [6.07, 6.45) is 4.71. The number of hydrogen-bond acceptors (Lipinski definition) is 8. The normalized spacial score (nSPS) is 19.4. The van der Waals surface area contributed by atoms with Gasteiger partial charge in [-0.15, -0.1) is 0 Å². The highest BCUT2D eigenvalue weighted by atomic mass is 16.6. The largest absolute Gasteiger partial charge is 0.486 e. The monoisotopic (exact) mass is 549 g/mol. The van der Waals surface area contributed by atoms with Gasteiger partial charge >= 0.3 is 6.09 Å². The summed E-state index contributed by atoms with van der Waals surface area (Å²) in [7, 11) is 0. The Hall–Kier alpha value is -3.66. The highest BCUT2D eigenvalue weighted by Crippen LogP contribution is 2.31. The Kier molecular flexibility index (Phi) is 7.98. The minimum absolute atomic E-state index is 0.0109. The molecule has 1 fully saturated rings. The summed E-state index contributed by atoms with van der Waals surface area (Å²) in [5, 5.41) is 0. The van der Waals surface area contributed by atoms with E-state index in [9.17, 15) is 9.59 Å². The number of hydrogen-bond donors (Lipinski definition) is 0. The molecule has 2 unspecified atom stereocenters. The fourth-order valence-corrected chi connectivity index (χ4v) is 5.45. The topological polar surface area (TPSA) is 99.0 Å². The van der Waals surface area contributed by atoms with Gasteiger partial charge in [0.2, 0.25) is 0 Å². The zero-order valence-electron chi connectivity index (χ0n) is 24.1. The highest BCUT2D eigenvalue weighted by molar-refractivity contribution is 5.74.